The third-order valence-corrected chi connectivity index (χ3v) is 5.62. The molecule has 7 heteroatoms. The third-order valence-electron chi connectivity index (χ3n) is 5.62. The van der Waals surface area contributed by atoms with Gasteiger partial charge in [0.2, 0.25) is 0 Å². The molecule has 1 aliphatic heterocycles. The van der Waals surface area contributed by atoms with Gasteiger partial charge in [0.05, 0.1) is 20.3 Å². The summed E-state index contributed by atoms with van der Waals surface area (Å²) in [4.78, 5) is 6.80. The number of ether oxygens (including phenoxy) is 2. The number of guanidine groups is 1. The van der Waals surface area contributed by atoms with Crippen LogP contribution in [0.5, 0.6) is 5.75 Å². The summed E-state index contributed by atoms with van der Waals surface area (Å²) in [6.07, 6.45) is 1.17. The van der Waals surface area contributed by atoms with Gasteiger partial charge in [0.15, 0.2) is 5.96 Å². The molecule has 0 amide bonds. The van der Waals surface area contributed by atoms with Crippen molar-refractivity contribution in [1.29, 1.82) is 0 Å². The largest absolute Gasteiger partial charge is 0.497 e. The molecule has 1 fully saturated rings. The van der Waals surface area contributed by atoms with Crippen molar-refractivity contribution < 1.29 is 9.47 Å². The molecule has 6 nitrogen and oxygen atoms in total. The van der Waals surface area contributed by atoms with Gasteiger partial charge in [0.25, 0.3) is 0 Å². The van der Waals surface area contributed by atoms with E-state index < -0.39 is 0 Å². The maximum absolute atomic E-state index is 5.84. The van der Waals surface area contributed by atoms with E-state index in [9.17, 15) is 0 Å². The van der Waals surface area contributed by atoms with E-state index in [4.69, 9.17) is 9.47 Å². The molecule has 2 unspecified atom stereocenters. The SMILES string of the molecule is CN=C(NCC(C)COCc1ccccc1)NCC1CCN(c2cccc(OC)c2)C1.I. The second-order valence-corrected chi connectivity index (χ2v) is 8.24. The van der Waals surface area contributed by atoms with Gasteiger partial charge in [-0.2, -0.15) is 0 Å². The lowest BCUT2D eigenvalue weighted by Crippen LogP contribution is -2.42. The van der Waals surface area contributed by atoms with E-state index in [0.717, 1.165) is 44.5 Å². The van der Waals surface area contributed by atoms with Crippen LogP contribution in [0.15, 0.2) is 59.6 Å². The molecule has 176 valence electrons. The molecule has 3 rings (SSSR count). The Hall–Kier alpha value is -2.00. The number of hydrogen-bond donors (Lipinski definition) is 2. The van der Waals surface area contributed by atoms with Crippen LogP contribution in [0.4, 0.5) is 5.69 Å². The van der Waals surface area contributed by atoms with Crippen LogP contribution in [0.3, 0.4) is 0 Å². The van der Waals surface area contributed by atoms with Gasteiger partial charge in [-0.15, -0.1) is 24.0 Å². The maximum atomic E-state index is 5.84. The molecular weight excluding hydrogens is 515 g/mol. The predicted molar refractivity (Wildman–Crippen MR) is 143 cm³/mol. The van der Waals surface area contributed by atoms with Crippen LogP contribution in [0.1, 0.15) is 18.9 Å². The lowest BCUT2D eigenvalue weighted by molar-refractivity contribution is 0.0931. The first-order valence-corrected chi connectivity index (χ1v) is 11.1. The molecule has 2 N–H and O–H groups in total. The second kappa shape index (κ2) is 14.2. The molecule has 0 bridgehead atoms. The molecule has 0 aliphatic carbocycles. The minimum absolute atomic E-state index is 0. The average Bonchev–Trinajstić information content (AvgIpc) is 3.29. The molecule has 0 saturated carbocycles. The van der Waals surface area contributed by atoms with Crippen molar-refractivity contribution in [1.82, 2.24) is 10.6 Å². The summed E-state index contributed by atoms with van der Waals surface area (Å²) in [7, 11) is 3.54. The maximum Gasteiger partial charge on any atom is 0.190 e. The fourth-order valence-electron chi connectivity index (χ4n) is 3.78. The fraction of sp³-hybridized carbons (Fsp3) is 0.480. The van der Waals surface area contributed by atoms with Gasteiger partial charge in [-0.1, -0.05) is 43.3 Å². The zero-order valence-corrected chi connectivity index (χ0v) is 21.8. The summed E-state index contributed by atoms with van der Waals surface area (Å²) >= 11 is 0. The molecule has 2 aromatic carbocycles. The Morgan fingerprint density at radius 3 is 2.72 bits per heavy atom. The van der Waals surface area contributed by atoms with Crippen molar-refractivity contribution in [2.75, 3.05) is 51.8 Å². The van der Waals surface area contributed by atoms with E-state index in [1.807, 2.05) is 31.3 Å². The van der Waals surface area contributed by atoms with Crippen molar-refractivity contribution in [2.24, 2.45) is 16.8 Å². The third kappa shape index (κ3) is 8.50. The van der Waals surface area contributed by atoms with Crippen LogP contribution in [0.25, 0.3) is 0 Å². The Kier molecular flexibility index (Phi) is 11.7. The Morgan fingerprint density at radius 1 is 1.16 bits per heavy atom. The Balaban J connectivity index is 0.00000363. The zero-order valence-electron chi connectivity index (χ0n) is 19.4. The van der Waals surface area contributed by atoms with Gasteiger partial charge >= 0.3 is 0 Å². The highest BCUT2D eigenvalue weighted by Crippen LogP contribution is 2.26. The number of nitrogens with zero attached hydrogens (tertiary/aromatic N) is 2. The van der Waals surface area contributed by atoms with Crippen molar-refractivity contribution in [3.05, 3.63) is 60.2 Å². The van der Waals surface area contributed by atoms with Crippen molar-refractivity contribution in [2.45, 2.75) is 20.0 Å². The molecule has 2 atom stereocenters. The standard InChI is InChI=1S/C25H36N4O2.HI/c1-20(18-31-19-21-8-5-4-6-9-21)15-27-25(26-2)28-16-22-12-13-29(17-22)23-10-7-11-24(14-23)30-3;/h4-11,14,20,22H,12-13,15-19H2,1-3H3,(H2,26,27,28);1H. The monoisotopic (exact) mass is 552 g/mol. The summed E-state index contributed by atoms with van der Waals surface area (Å²) < 4.78 is 11.2. The van der Waals surface area contributed by atoms with Crippen LogP contribution in [-0.4, -0.2) is 52.9 Å². The number of nitrogens with one attached hydrogen (secondary N) is 2. The predicted octanol–water partition coefficient (Wildman–Crippen LogP) is 4.16. The van der Waals surface area contributed by atoms with Crippen LogP contribution >= 0.6 is 24.0 Å². The number of benzene rings is 2. The number of halogens is 1. The topological polar surface area (TPSA) is 58.1 Å². The highest BCUT2D eigenvalue weighted by Gasteiger charge is 2.23. The van der Waals surface area contributed by atoms with Crippen LogP contribution in [0, 0.1) is 11.8 Å². The van der Waals surface area contributed by atoms with Gasteiger partial charge in [-0.25, -0.2) is 0 Å². The Morgan fingerprint density at radius 2 is 1.97 bits per heavy atom. The van der Waals surface area contributed by atoms with E-state index in [1.54, 1.807) is 7.11 Å². The van der Waals surface area contributed by atoms with Gasteiger partial charge in [0.1, 0.15) is 5.75 Å². The first kappa shape index (κ1) is 26.3. The smallest absolute Gasteiger partial charge is 0.190 e. The molecule has 32 heavy (non-hydrogen) atoms. The molecular formula is C25H37IN4O2. The minimum Gasteiger partial charge on any atom is -0.497 e. The molecule has 1 aliphatic rings. The number of aliphatic imine (C=N–C) groups is 1. The number of anilines is 1. The number of hydrogen-bond acceptors (Lipinski definition) is 4. The molecule has 0 radical (unpaired) electrons. The minimum atomic E-state index is 0. The molecule has 1 saturated heterocycles. The average molecular weight is 553 g/mol. The fourth-order valence-corrected chi connectivity index (χ4v) is 3.78. The van der Waals surface area contributed by atoms with Crippen molar-refractivity contribution in [3.8, 4) is 5.75 Å². The first-order valence-electron chi connectivity index (χ1n) is 11.1. The summed E-state index contributed by atoms with van der Waals surface area (Å²) in [6, 6.07) is 18.6. The van der Waals surface area contributed by atoms with Gasteiger partial charge < -0.3 is 25.0 Å². The Labute approximate surface area is 209 Å². The van der Waals surface area contributed by atoms with Crippen molar-refractivity contribution in [3.63, 3.8) is 0 Å². The Bertz CT molecular complexity index is 819. The van der Waals surface area contributed by atoms with Crippen molar-refractivity contribution >= 4 is 35.6 Å². The summed E-state index contributed by atoms with van der Waals surface area (Å²) in [5, 5.41) is 6.92. The van der Waals surface area contributed by atoms with Gasteiger partial charge in [-0.3, -0.25) is 4.99 Å². The first-order chi connectivity index (χ1) is 15.2. The normalized spacial score (nSPS) is 16.9. The molecule has 0 aromatic heterocycles. The lowest BCUT2D eigenvalue weighted by Gasteiger charge is -2.20. The second-order valence-electron chi connectivity index (χ2n) is 8.24. The summed E-state index contributed by atoms with van der Waals surface area (Å²) in [5.41, 5.74) is 2.44. The highest BCUT2D eigenvalue weighted by molar-refractivity contribution is 14.0. The van der Waals surface area contributed by atoms with E-state index >= 15 is 0 Å². The van der Waals surface area contributed by atoms with Gasteiger partial charge in [-0.05, 0) is 36.0 Å². The summed E-state index contributed by atoms with van der Waals surface area (Å²) in [5.74, 6) is 2.76. The zero-order chi connectivity index (χ0) is 21.9. The summed E-state index contributed by atoms with van der Waals surface area (Å²) in [6.45, 7) is 7.42. The highest BCUT2D eigenvalue weighted by atomic mass is 127. The number of methoxy groups -OCH3 is 1. The molecule has 1 heterocycles. The number of rotatable bonds is 10. The van der Waals surface area contributed by atoms with E-state index in [0.29, 0.717) is 18.4 Å². The van der Waals surface area contributed by atoms with E-state index in [1.165, 1.54) is 17.7 Å². The van der Waals surface area contributed by atoms with E-state index in [2.05, 4.69) is 57.8 Å². The van der Waals surface area contributed by atoms with Crippen LogP contribution < -0.4 is 20.3 Å². The van der Waals surface area contributed by atoms with Gasteiger partial charge in [0, 0.05) is 45.0 Å². The van der Waals surface area contributed by atoms with Crippen LogP contribution in [0.2, 0.25) is 0 Å². The molecule has 0 spiro atoms. The quantitative estimate of drug-likeness (QED) is 0.264. The molecule has 2 aromatic rings. The lowest BCUT2D eigenvalue weighted by atomic mass is 10.1. The van der Waals surface area contributed by atoms with E-state index in [-0.39, 0.29) is 24.0 Å². The van der Waals surface area contributed by atoms with Crippen LogP contribution in [-0.2, 0) is 11.3 Å².